The number of halogens is 3. The molecule has 0 fully saturated rings. The first-order valence-electron chi connectivity index (χ1n) is 5.53. The summed E-state index contributed by atoms with van der Waals surface area (Å²) >= 11 is 12.1. The van der Waals surface area contributed by atoms with Gasteiger partial charge in [0.2, 0.25) is 5.88 Å². The normalized spacial score (nSPS) is 10.9. The fourth-order valence-electron chi connectivity index (χ4n) is 1.91. The Balaban J connectivity index is 2.26. The smallest absolute Gasteiger partial charge is 0.230 e. The van der Waals surface area contributed by atoms with Crippen molar-refractivity contribution >= 4 is 65.0 Å². The van der Waals surface area contributed by atoms with Crippen LogP contribution in [0.3, 0.4) is 0 Å². The van der Waals surface area contributed by atoms with Crippen LogP contribution in [-0.4, -0.2) is 5.16 Å². The molecule has 7 heteroatoms. The van der Waals surface area contributed by atoms with Gasteiger partial charge in [-0.25, -0.2) is 0 Å². The first-order chi connectivity index (χ1) is 9.58. The number of nitrogens with zero attached hydrogens (tertiary/aromatic N) is 1. The SMILES string of the molecule is Nc1onc(-c2cc(Br)sc2Br)c1-c1ccccc1Br. The van der Waals surface area contributed by atoms with Crippen molar-refractivity contribution in [1.29, 1.82) is 0 Å². The summed E-state index contributed by atoms with van der Waals surface area (Å²) in [6.45, 7) is 0. The van der Waals surface area contributed by atoms with Gasteiger partial charge in [0.25, 0.3) is 0 Å². The Hall–Kier alpha value is -0.630. The lowest BCUT2D eigenvalue weighted by Crippen LogP contribution is -1.88. The van der Waals surface area contributed by atoms with Gasteiger partial charge in [-0.2, -0.15) is 0 Å². The van der Waals surface area contributed by atoms with Crippen LogP contribution in [-0.2, 0) is 0 Å². The van der Waals surface area contributed by atoms with E-state index in [1.54, 1.807) is 11.3 Å². The fourth-order valence-corrected chi connectivity index (χ4v) is 5.20. The average Bonchev–Trinajstić information content (AvgIpc) is 2.93. The number of nitrogen functional groups attached to an aromatic ring is 1. The van der Waals surface area contributed by atoms with E-state index < -0.39 is 0 Å². The molecule has 2 aromatic heterocycles. The first kappa shape index (κ1) is 14.3. The Morgan fingerprint density at radius 3 is 2.50 bits per heavy atom. The quantitative estimate of drug-likeness (QED) is 0.496. The number of hydrogen-bond donors (Lipinski definition) is 1. The van der Waals surface area contributed by atoms with Gasteiger partial charge in [-0.3, -0.25) is 0 Å². The van der Waals surface area contributed by atoms with Crippen LogP contribution in [0.2, 0.25) is 0 Å². The molecule has 0 saturated carbocycles. The van der Waals surface area contributed by atoms with Gasteiger partial charge in [0, 0.05) is 15.6 Å². The monoisotopic (exact) mass is 476 g/mol. The number of anilines is 1. The van der Waals surface area contributed by atoms with E-state index in [4.69, 9.17) is 10.3 Å². The Labute approximate surface area is 144 Å². The minimum atomic E-state index is 0.307. The molecule has 0 unspecified atom stereocenters. The van der Waals surface area contributed by atoms with Crippen molar-refractivity contribution in [1.82, 2.24) is 5.16 Å². The molecular formula is C13H7Br3N2OS. The molecule has 0 saturated heterocycles. The van der Waals surface area contributed by atoms with Crippen molar-refractivity contribution in [3.8, 4) is 22.4 Å². The highest BCUT2D eigenvalue weighted by Gasteiger charge is 2.22. The number of rotatable bonds is 2. The van der Waals surface area contributed by atoms with E-state index in [9.17, 15) is 0 Å². The Bertz CT molecular complexity index is 782. The second kappa shape index (κ2) is 5.63. The number of thiophene rings is 1. The molecule has 0 atom stereocenters. The molecule has 0 aliphatic carbocycles. The summed E-state index contributed by atoms with van der Waals surface area (Å²) in [7, 11) is 0. The first-order valence-corrected chi connectivity index (χ1v) is 8.72. The summed E-state index contributed by atoms with van der Waals surface area (Å²) in [5.41, 5.74) is 9.39. The van der Waals surface area contributed by atoms with Crippen LogP contribution in [0.15, 0.2) is 46.9 Å². The Kier molecular flexibility index (Phi) is 4.03. The Morgan fingerprint density at radius 2 is 1.85 bits per heavy atom. The van der Waals surface area contributed by atoms with Crippen LogP contribution >= 0.6 is 59.1 Å². The molecule has 3 aromatic rings. The summed E-state index contributed by atoms with van der Waals surface area (Å²) in [5, 5.41) is 4.11. The third-order valence-corrected chi connectivity index (χ3v) is 5.80. The molecule has 0 spiro atoms. The zero-order chi connectivity index (χ0) is 14.3. The third-order valence-electron chi connectivity index (χ3n) is 2.77. The van der Waals surface area contributed by atoms with Gasteiger partial charge in [-0.15, -0.1) is 11.3 Å². The molecule has 0 aliphatic heterocycles. The molecular weight excluding hydrogens is 472 g/mol. The topological polar surface area (TPSA) is 52.0 Å². The van der Waals surface area contributed by atoms with E-state index in [0.29, 0.717) is 5.88 Å². The van der Waals surface area contributed by atoms with Crippen LogP contribution in [0, 0.1) is 0 Å². The van der Waals surface area contributed by atoms with Crippen LogP contribution in [0.4, 0.5) is 5.88 Å². The number of hydrogen-bond acceptors (Lipinski definition) is 4. The lowest BCUT2D eigenvalue weighted by Gasteiger charge is -2.04. The summed E-state index contributed by atoms with van der Waals surface area (Å²) in [6.07, 6.45) is 0. The standard InChI is InChI=1S/C13H7Br3N2OS/c14-8-4-2-1-3-6(8)10-11(18-19-13(10)17)7-5-9(15)20-12(7)16/h1-5H,17H2. The van der Waals surface area contributed by atoms with Gasteiger partial charge in [0.1, 0.15) is 5.69 Å². The van der Waals surface area contributed by atoms with Crippen molar-refractivity contribution in [2.75, 3.05) is 5.73 Å². The van der Waals surface area contributed by atoms with Crippen LogP contribution in [0.25, 0.3) is 22.4 Å². The summed E-state index contributed by atoms with van der Waals surface area (Å²) in [5.74, 6) is 0.307. The van der Waals surface area contributed by atoms with E-state index in [1.807, 2.05) is 30.3 Å². The van der Waals surface area contributed by atoms with Gasteiger partial charge in [-0.05, 0) is 44.0 Å². The minimum Gasteiger partial charge on any atom is -0.367 e. The molecule has 1 aromatic carbocycles. The molecule has 3 nitrogen and oxygen atoms in total. The van der Waals surface area contributed by atoms with E-state index in [2.05, 4.69) is 52.9 Å². The zero-order valence-electron chi connectivity index (χ0n) is 9.86. The van der Waals surface area contributed by atoms with Crippen molar-refractivity contribution in [3.63, 3.8) is 0 Å². The fraction of sp³-hybridized carbons (Fsp3) is 0. The van der Waals surface area contributed by atoms with Crippen molar-refractivity contribution in [3.05, 3.63) is 42.4 Å². The van der Waals surface area contributed by atoms with Gasteiger partial charge in [0.05, 0.1) is 13.1 Å². The predicted molar refractivity (Wildman–Crippen MR) is 92.8 cm³/mol. The molecule has 2 heterocycles. The second-order valence-electron chi connectivity index (χ2n) is 3.99. The van der Waals surface area contributed by atoms with E-state index in [-0.39, 0.29) is 0 Å². The highest BCUT2D eigenvalue weighted by atomic mass is 79.9. The molecule has 102 valence electrons. The van der Waals surface area contributed by atoms with Gasteiger partial charge >= 0.3 is 0 Å². The van der Waals surface area contributed by atoms with Gasteiger partial charge in [-0.1, -0.05) is 39.3 Å². The number of aromatic nitrogens is 1. The number of nitrogens with two attached hydrogens (primary N) is 1. The van der Waals surface area contributed by atoms with E-state index >= 15 is 0 Å². The van der Waals surface area contributed by atoms with Crippen molar-refractivity contribution < 1.29 is 4.52 Å². The molecule has 2 N–H and O–H groups in total. The maximum Gasteiger partial charge on any atom is 0.230 e. The van der Waals surface area contributed by atoms with Gasteiger partial charge < -0.3 is 10.3 Å². The Morgan fingerprint density at radius 1 is 1.10 bits per heavy atom. The number of benzene rings is 1. The molecule has 0 bridgehead atoms. The molecule has 3 rings (SSSR count). The van der Waals surface area contributed by atoms with E-state index in [1.165, 1.54) is 0 Å². The van der Waals surface area contributed by atoms with Crippen molar-refractivity contribution in [2.45, 2.75) is 0 Å². The largest absolute Gasteiger partial charge is 0.367 e. The predicted octanol–water partition coefficient (Wildman–Crippen LogP) is 5.94. The van der Waals surface area contributed by atoms with Crippen LogP contribution < -0.4 is 5.73 Å². The van der Waals surface area contributed by atoms with E-state index in [0.717, 1.165) is 34.4 Å². The maximum atomic E-state index is 5.96. The summed E-state index contributed by atoms with van der Waals surface area (Å²) in [6, 6.07) is 9.84. The zero-order valence-corrected chi connectivity index (χ0v) is 15.4. The molecule has 20 heavy (non-hydrogen) atoms. The lowest BCUT2D eigenvalue weighted by molar-refractivity contribution is 0.439. The average molecular weight is 479 g/mol. The molecule has 0 aliphatic rings. The maximum absolute atomic E-state index is 5.96. The van der Waals surface area contributed by atoms with Gasteiger partial charge in [0.15, 0.2) is 0 Å². The highest BCUT2D eigenvalue weighted by Crippen LogP contribution is 2.45. The summed E-state index contributed by atoms with van der Waals surface area (Å²) in [4.78, 5) is 0. The lowest BCUT2D eigenvalue weighted by atomic mass is 10.0. The second-order valence-corrected chi connectivity index (χ2v) is 8.59. The third kappa shape index (κ3) is 2.47. The highest BCUT2D eigenvalue weighted by molar-refractivity contribution is 9.12. The summed E-state index contributed by atoms with van der Waals surface area (Å²) < 4.78 is 8.14. The van der Waals surface area contributed by atoms with Crippen molar-refractivity contribution in [2.24, 2.45) is 0 Å². The molecule has 0 radical (unpaired) electrons. The molecule has 0 amide bonds. The van der Waals surface area contributed by atoms with Crippen LogP contribution in [0.5, 0.6) is 0 Å². The van der Waals surface area contributed by atoms with Crippen LogP contribution in [0.1, 0.15) is 0 Å². The minimum absolute atomic E-state index is 0.307.